The third-order valence-corrected chi connectivity index (χ3v) is 2.54. The van der Waals surface area contributed by atoms with Crippen LogP contribution in [0.2, 0.25) is 0 Å². The highest BCUT2D eigenvalue weighted by atomic mass is 16.1. The second-order valence-corrected chi connectivity index (χ2v) is 3.94. The van der Waals surface area contributed by atoms with E-state index in [-0.39, 0.29) is 0 Å². The van der Waals surface area contributed by atoms with Gasteiger partial charge in [0.15, 0.2) is 0 Å². The van der Waals surface area contributed by atoms with Crippen molar-refractivity contribution in [2.24, 2.45) is 0 Å². The Morgan fingerprint density at radius 1 is 0.857 bits per heavy atom. The van der Waals surface area contributed by atoms with Crippen LogP contribution in [0, 0.1) is 0 Å². The summed E-state index contributed by atoms with van der Waals surface area (Å²) in [6.45, 7) is 2.25. The molecule has 0 atom stereocenters. The summed E-state index contributed by atoms with van der Waals surface area (Å²) in [5.74, 6) is 1.82. The molecule has 0 aromatic heterocycles. The van der Waals surface area contributed by atoms with E-state index in [0.717, 1.165) is 12.8 Å². The summed E-state index contributed by atoms with van der Waals surface area (Å²) in [6.07, 6.45) is 14.6. The molecule has 14 heavy (non-hydrogen) atoms. The monoisotopic (exact) mass is 196 g/mol. The molecule has 0 aliphatic carbocycles. The quantitative estimate of drug-likeness (QED) is 0.376. The minimum atomic E-state index is 0.916. The Morgan fingerprint density at radius 2 is 1.36 bits per heavy atom. The van der Waals surface area contributed by atoms with Gasteiger partial charge in [-0.15, -0.1) is 0 Å². The molecule has 0 unspecified atom stereocenters. The smallest absolute Gasteiger partial charge is 0.120 e. The maximum Gasteiger partial charge on any atom is 0.120 e. The highest BCUT2D eigenvalue weighted by Gasteiger charge is 1.90. The lowest BCUT2D eigenvalue weighted by Crippen LogP contribution is -1.80. The molecular formula is C13H24O. The van der Waals surface area contributed by atoms with E-state index < -0.39 is 0 Å². The van der Waals surface area contributed by atoms with E-state index in [1.165, 1.54) is 51.4 Å². The van der Waals surface area contributed by atoms with Gasteiger partial charge in [0, 0.05) is 0 Å². The van der Waals surface area contributed by atoms with Gasteiger partial charge in [-0.1, -0.05) is 58.3 Å². The van der Waals surface area contributed by atoms with Crippen LogP contribution in [0.4, 0.5) is 0 Å². The summed E-state index contributed by atoms with van der Waals surface area (Å²) in [6, 6.07) is 0. The lowest BCUT2D eigenvalue weighted by atomic mass is 10.1. The molecular weight excluding hydrogens is 172 g/mol. The van der Waals surface area contributed by atoms with Gasteiger partial charge in [0.25, 0.3) is 0 Å². The van der Waals surface area contributed by atoms with Gasteiger partial charge in [0.05, 0.1) is 0 Å². The van der Waals surface area contributed by atoms with E-state index in [2.05, 4.69) is 6.92 Å². The van der Waals surface area contributed by atoms with Crippen LogP contribution < -0.4 is 0 Å². The Bertz CT molecular complexity index is 145. The molecule has 1 heteroatoms. The van der Waals surface area contributed by atoms with E-state index in [1.54, 1.807) is 6.08 Å². The van der Waals surface area contributed by atoms with Crippen LogP contribution in [-0.4, -0.2) is 5.94 Å². The van der Waals surface area contributed by atoms with E-state index in [4.69, 9.17) is 0 Å². The zero-order chi connectivity index (χ0) is 10.5. The molecule has 1 nitrogen and oxygen atoms in total. The summed E-state index contributed by atoms with van der Waals surface area (Å²) >= 11 is 0. The van der Waals surface area contributed by atoms with Crippen LogP contribution in [0.5, 0.6) is 0 Å². The zero-order valence-electron chi connectivity index (χ0n) is 9.56. The molecule has 0 saturated heterocycles. The van der Waals surface area contributed by atoms with Gasteiger partial charge in [-0.25, -0.2) is 4.79 Å². The lowest BCUT2D eigenvalue weighted by molar-refractivity contribution is 0.561. The maximum absolute atomic E-state index is 9.86. The Morgan fingerprint density at radius 3 is 1.86 bits per heavy atom. The molecule has 0 bridgehead atoms. The second-order valence-electron chi connectivity index (χ2n) is 3.94. The summed E-state index contributed by atoms with van der Waals surface area (Å²) in [5, 5.41) is 0. The van der Waals surface area contributed by atoms with Gasteiger partial charge in [0.2, 0.25) is 0 Å². The average Bonchev–Trinajstić information content (AvgIpc) is 2.21. The van der Waals surface area contributed by atoms with Crippen LogP contribution >= 0.6 is 0 Å². The topological polar surface area (TPSA) is 17.1 Å². The first-order valence-electron chi connectivity index (χ1n) is 6.11. The fraction of sp³-hybridized carbons (Fsp3) is 0.846. The number of carbonyl (C=O) groups excluding carboxylic acids is 1. The van der Waals surface area contributed by atoms with Gasteiger partial charge >= 0.3 is 0 Å². The Hall–Kier alpha value is -0.550. The van der Waals surface area contributed by atoms with Crippen molar-refractivity contribution in [2.75, 3.05) is 0 Å². The van der Waals surface area contributed by atoms with Crippen molar-refractivity contribution in [3.05, 3.63) is 6.08 Å². The van der Waals surface area contributed by atoms with Gasteiger partial charge in [-0.2, -0.15) is 0 Å². The summed E-state index contributed by atoms with van der Waals surface area (Å²) in [5.41, 5.74) is 0. The van der Waals surface area contributed by atoms with Crippen LogP contribution in [0.25, 0.3) is 0 Å². The average molecular weight is 196 g/mol. The summed E-state index contributed by atoms with van der Waals surface area (Å²) in [4.78, 5) is 9.86. The Balaban J connectivity index is 2.88. The van der Waals surface area contributed by atoms with Gasteiger partial charge < -0.3 is 0 Å². The Labute approximate surface area is 88.6 Å². The predicted molar refractivity (Wildman–Crippen MR) is 62.1 cm³/mol. The molecule has 0 aromatic rings. The van der Waals surface area contributed by atoms with Crippen molar-refractivity contribution < 1.29 is 4.79 Å². The number of hydrogen-bond donors (Lipinski definition) is 0. The molecule has 0 aliphatic heterocycles. The fourth-order valence-corrected chi connectivity index (χ4v) is 1.62. The summed E-state index contributed by atoms with van der Waals surface area (Å²) < 4.78 is 0. The van der Waals surface area contributed by atoms with Crippen molar-refractivity contribution in [3.63, 3.8) is 0 Å². The van der Waals surface area contributed by atoms with E-state index in [9.17, 15) is 4.79 Å². The highest BCUT2D eigenvalue weighted by Crippen LogP contribution is 2.10. The number of allylic oxidation sites excluding steroid dienone is 1. The molecule has 0 rings (SSSR count). The number of rotatable bonds is 10. The van der Waals surface area contributed by atoms with E-state index in [1.807, 2.05) is 5.94 Å². The molecule has 82 valence electrons. The van der Waals surface area contributed by atoms with Crippen molar-refractivity contribution >= 4 is 5.94 Å². The molecule has 0 saturated carbocycles. The van der Waals surface area contributed by atoms with E-state index >= 15 is 0 Å². The maximum atomic E-state index is 9.86. The molecule has 0 fully saturated rings. The lowest BCUT2D eigenvalue weighted by Gasteiger charge is -2.00. The molecule has 0 radical (unpaired) electrons. The van der Waals surface area contributed by atoms with Crippen molar-refractivity contribution in [1.29, 1.82) is 0 Å². The molecule has 0 N–H and O–H groups in total. The van der Waals surface area contributed by atoms with E-state index in [0.29, 0.717) is 0 Å². The molecule has 0 aliphatic rings. The number of hydrogen-bond acceptors (Lipinski definition) is 1. The standard InChI is InChI=1S/C13H24O/c1-2-3-4-5-6-7-8-9-10-11-12-13-14/h12H,2-11H2,1H3. The Kier molecular flexibility index (Phi) is 12.0. The van der Waals surface area contributed by atoms with Crippen molar-refractivity contribution in [3.8, 4) is 0 Å². The predicted octanol–water partition coefficient (Wildman–Crippen LogP) is 4.30. The van der Waals surface area contributed by atoms with Crippen molar-refractivity contribution in [2.45, 2.75) is 71.1 Å². The number of unbranched alkanes of at least 4 members (excludes halogenated alkanes) is 9. The SMILES string of the molecule is CCCCCCCCCCCC=C=O. The minimum absolute atomic E-state index is 0.916. The zero-order valence-corrected chi connectivity index (χ0v) is 9.56. The third kappa shape index (κ3) is 11.4. The largest absolute Gasteiger partial charge is 0.234 e. The minimum Gasteiger partial charge on any atom is -0.234 e. The second kappa shape index (κ2) is 12.4. The van der Waals surface area contributed by atoms with Crippen molar-refractivity contribution in [1.82, 2.24) is 0 Å². The highest BCUT2D eigenvalue weighted by molar-refractivity contribution is 5.44. The van der Waals surface area contributed by atoms with Crippen LogP contribution in [0.1, 0.15) is 71.1 Å². The van der Waals surface area contributed by atoms with Gasteiger partial charge in [0.1, 0.15) is 5.94 Å². The first-order valence-corrected chi connectivity index (χ1v) is 6.11. The third-order valence-electron chi connectivity index (χ3n) is 2.54. The first kappa shape index (κ1) is 13.4. The normalized spacial score (nSPS) is 9.79. The summed E-state index contributed by atoms with van der Waals surface area (Å²) in [7, 11) is 0. The first-order chi connectivity index (χ1) is 6.91. The molecule has 0 heterocycles. The van der Waals surface area contributed by atoms with Gasteiger partial charge in [-0.3, -0.25) is 0 Å². The molecule has 0 amide bonds. The van der Waals surface area contributed by atoms with Gasteiger partial charge in [-0.05, 0) is 18.9 Å². The molecule has 0 spiro atoms. The fourth-order valence-electron chi connectivity index (χ4n) is 1.62. The van der Waals surface area contributed by atoms with Crippen LogP contribution in [0.3, 0.4) is 0 Å². The van der Waals surface area contributed by atoms with Crippen LogP contribution in [0.15, 0.2) is 6.08 Å². The molecule has 0 aromatic carbocycles. The van der Waals surface area contributed by atoms with Crippen LogP contribution in [-0.2, 0) is 4.79 Å².